The van der Waals surface area contributed by atoms with Crippen LogP contribution >= 0.6 is 11.3 Å². The number of hydrogen-bond donors (Lipinski definition) is 2. The van der Waals surface area contributed by atoms with Gasteiger partial charge in [0.25, 0.3) is 0 Å². The van der Waals surface area contributed by atoms with Crippen LogP contribution in [0.2, 0.25) is 0 Å². The Morgan fingerprint density at radius 2 is 2.07 bits per heavy atom. The number of nitrogens with two attached hydrogens (primary N) is 1. The third-order valence-electron chi connectivity index (χ3n) is 4.58. The molecule has 1 heterocycles. The van der Waals surface area contributed by atoms with E-state index in [4.69, 9.17) is 5.73 Å². The predicted octanol–water partition coefficient (Wildman–Crippen LogP) is 2.38. The van der Waals surface area contributed by atoms with E-state index in [1.807, 2.05) is 0 Å². The molecule has 0 radical (unpaired) electrons. The van der Waals surface area contributed by atoms with Crippen molar-refractivity contribution >= 4 is 33.2 Å². The number of halogens is 1. The Labute approximate surface area is 171 Å². The number of nitrogens with zero attached hydrogens (tertiary/aromatic N) is 2. The van der Waals surface area contributed by atoms with Gasteiger partial charge in [0.1, 0.15) is 5.82 Å². The van der Waals surface area contributed by atoms with Gasteiger partial charge in [-0.3, -0.25) is 4.84 Å². The van der Waals surface area contributed by atoms with Crippen LogP contribution in [-0.4, -0.2) is 43.2 Å². The Morgan fingerprint density at radius 3 is 2.72 bits per heavy atom. The Morgan fingerprint density at radius 1 is 1.38 bits per heavy atom. The van der Waals surface area contributed by atoms with Crippen LogP contribution < -0.4 is 5.73 Å². The zero-order valence-electron chi connectivity index (χ0n) is 15.5. The first kappa shape index (κ1) is 21.4. The number of amides is 1. The largest absolute Gasteiger partial charge is 0.430 e. The van der Waals surface area contributed by atoms with Crippen LogP contribution in [0.15, 0.2) is 39.7 Å². The molecular formula is C18H20FN3O5S2. The van der Waals surface area contributed by atoms with Gasteiger partial charge in [-0.1, -0.05) is 17.3 Å². The molecule has 0 saturated carbocycles. The monoisotopic (exact) mass is 441 g/mol. The molecule has 3 N–H and O–H groups in total. The third kappa shape index (κ3) is 4.64. The minimum Gasteiger partial charge on any atom is -0.387 e. The fraction of sp³-hybridized carbons (Fsp3) is 0.333. The van der Waals surface area contributed by atoms with Gasteiger partial charge in [-0.2, -0.15) is 4.31 Å². The van der Waals surface area contributed by atoms with Crippen LogP contribution in [0.4, 0.5) is 9.18 Å². The maximum atomic E-state index is 13.1. The molecule has 0 spiro atoms. The first-order chi connectivity index (χ1) is 13.7. The molecule has 1 aliphatic carbocycles. The van der Waals surface area contributed by atoms with Crippen LogP contribution in [0, 0.1) is 5.82 Å². The summed E-state index contributed by atoms with van der Waals surface area (Å²) in [6.07, 6.45) is -0.416. The van der Waals surface area contributed by atoms with Crippen LogP contribution in [0.25, 0.3) is 0 Å². The number of oxime groups is 1. The Bertz CT molecular complexity index is 1030. The normalized spacial score (nSPS) is 16.6. The number of primary amides is 1. The molecule has 156 valence electrons. The lowest BCUT2D eigenvalue weighted by Gasteiger charge is -2.22. The molecule has 0 fully saturated rings. The molecule has 1 aromatic heterocycles. The number of aliphatic hydroxyl groups excluding tert-OH is 1. The number of hydrogen-bond acceptors (Lipinski definition) is 7. The van der Waals surface area contributed by atoms with Crippen molar-refractivity contribution in [2.75, 3.05) is 13.6 Å². The van der Waals surface area contributed by atoms with Crippen molar-refractivity contribution in [2.45, 2.75) is 30.3 Å². The number of aliphatic hydroxyl groups is 1. The Balaban J connectivity index is 1.83. The molecule has 0 saturated heterocycles. The summed E-state index contributed by atoms with van der Waals surface area (Å²) in [5, 5.41) is 15.6. The van der Waals surface area contributed by atoms with Crippen molar-refractivity contribution in [2.24, 2.45) is 10.9 Å². The minimum absolute atomic E-state index is 0.137. The molecule has 3 rings (SSSR count). The van der Waals surface area contributed by atoms with E-state index >= 15 is 0 Å². The van der Waals surface area contributed by atoms with Gasteiger partial charge < -0.3 is 10.8 Å². The van der Waals surface area contributed by atoms with E-state index in [9.17, 15) is 22.7 Å². The average Bonchev–Trinajstić information content (AvgIpc) is 3.12. The van der Waals surface area contributed by atoms with Crippen molar-refractivity contribution in [3.8, 4) is 0 Å². The van der Waals surface area contributed by atoms with E-state index < -0.39 is 28.0 Å². The van der Waals surface area contributed by atoms with E-state index in [2.05, 4.69) is 9.99 Å². The maximum Gasteiger partial charge on any atom is 0.430 e. The summed E-state index contributed by atoms with van der Waals surface area (Å²) in [5.41, 5.74) is 6.43. The highest BCUT2D eigenvalue weighted by atomic mass is 32.2. The molecule has 1 aromatic carbocycles. The number of likely N-dealkylation sites (N-methyl/N-ethyl adjacent to an activating group) is 1. The van der Waals surface area contributed by atoms with Crippen molar-refractivity contribution in [1.29, 1.82) is 0 Å². The predicted molar refractivity (Wildman–Crippen MR) is 106 cm³/mol. The molecule has 0 bridgehead atoms. The molecule has 11 heteroatoms. The van der Waals surface area contributed by atoms with E-state index in [1.165, 1.54) is 48.0 Å². The summed E-state index contributed by atoms with van der Waals surface area (Å²) in [4.78, 5) is 16.1. The standard InChI is InChI=1S/C18H20FN3O5S2/c1-22(9-15(23)11-5-7-12(19)8-6-11)29(25,26)16-10-28-17-13(16)3-2-4-14(17)21-27-18(20)24/h5-8,10,15,23H,2-4,9H2,1H3,(H2,20,24)/b21-14-. The summed E-state index contributed by atoms with van der Waals surface area (Å²) in [7, 11) is -2.51. The smallest absolute Gasteiger partial charge is 0.387 e. The minimum atomic E-state index is -3.88. The molecule has 1 amide bonds. The van der Waals surface area contributed by atoms with E-state index in [-0.39, 0.29) is 11.4 Å². The van der Waals surface area contributed by atoms with Gasteiger partial charge in [-0.15, -0.1) is 11.3 Å². The van der Waals surface area contributed by atoms with Crippen molar-refractivity contribution in [3.63, 3.8) is 0 Å². The van der Waals surface area contributed by atoms with Gasteiger partial charge >= 0.3 is 6.09 Å². The lowest BCUT2D eigenvalue weighted by molar-refractivity contribution is 0.155. The summed E-state index contributed by atoms with van der Waals surface area (Å²) in [6, 6.07) is 5.23. The second-order valence-electron chi connectivity index (χ2n) is 6.56. The summed E-state index contributed by atoms with van der Waals surface area (Å²) in [5.74, 6) is -0.440. The summed E-state index contributed by atoms with van der Waals surface area (Å²) < 4.78 is 40.3. The molecule has 29 heavy (non-hydrogen) atoms. The SMILES string of the molecule is CN(CC(O)c1ccc(F)cc1)S(=O)(=O)c1csc2c1CCC/C2=N/OC(N)=O. The lowest BCUT2D eigenvalue weighted by atomic mass is 9.98. The number of sulfonamides is 1. The van der Waals surface area contributed by atoms with E-state index in [1.54, 1.807) is 0 Å². The zero-order valence-corrected chi connectivity index (χ0v) is 17.2. The number of carbonyl (C=O) groups is 1. The first-order valence-electron chi connectivity index (χ1n) is 8.74. The third-order valence-corrected chi connectivity index (χ3v) is 7.69. The molecule has 8 nitrogen and oxygen atoms in total. The summed E-state index contributed by atoms with van der Waals surface area (Å²) >= 11 is 1.20. The number of thiophene rings is 1. The van der Waals surface area contributed by atoms with Gasteiger partial charge in [0.05, 0.1) is 21.6 Å². The first-order valence-corrected chi connectivity index (χ1v) is 11.1. The molecule has 2 aromatic rings. The Hall–Kier alpha value is -2.34. The van der Waals surface area contributed by atoms with Gasteiger partial charge in [0, 0.05) is 19.0 Å². The maximum absolute atomic E-state index is 13.1. The van der Waals surface area contributed by atoms with Gasteiger partial charge in [0.15, 0.2) is 0 Å². The highest BCUT2D eigenvalue weighted by Gasteiger charge is 2.31. The quantitative estimate of drug-likeness (QED) is 0.526. The number of fused-ring (bicyclic) bond motifs is 1. The second kappa shape index (κ2) is 8.57. The highest BCUT2D eigenvalue weighted by Crippen LogP contribution is 2.35. The fourth-order valence-corrected chi connectivity index (χ4v) is 5.98. The van der Waals surface area contributed by atoms with Crippen molar-refractivity contribution < 1.29 is 27.5 Å². The number of carbonyl (C=O) groups excluding carboxylic acids is 1. The van der Waals surface area contributed by atoms with Crippen molar-refractivity contribution in [1.82, 2.24) is 4.31 Å². The van der Waals surface area contributed by atoms with Gasteiger partial charge in [0.2, 0.25) is 10.0 Å². The van der Waals surface area contributed by atoms with Crippen LogP contribution in [0.1, 0.15) is 34.9 Å². The van der Waals surface area contributed by atoms with Crippen LogP contribution in [0.5, 0.6) is 0 Å². The van der Waals surface area contributed by atoms with Gasteiger partial charge in [-0.25, -0.2) is 17.6 Å². The molecule has 1 atom stereocenters. The Kier molecular flexibility index (Phi) is 6.32. The van der Waals surface area contributed by atoms with Crippen molar-refractivity contribution in [3.05, 3.63) is 51.5 Å². The zero-order chi connectivity index (χ0) is 21.2. The molecule has 1 unspecified atom stereocenters. The van der Waals surface area contributed by atoms with Gasteiger partial charge in [-0.05, 0) is 42.5 Å². The molecule has 0 aliphatic heterocycles. The average molecular weight is 442 g/mol. The second-order valence-corrected chi connectivity index (χ2v) is 9.46. The van der Waals surface area contributed by atoms with Crippen LogP contribution in [0.3, 0.4) is 0 Å². The highest BCUT2D eigenvalue weighted by molar-refractivity contribution is 7.89. The van der Waals surface area contributed by atoms with E-state index in [0.717, 1.165) is 4.31 Å². The summed E-state index contributed by atoms with van der Waals surface area (Å²) in [6.45, 7) is -0.190. The molecule has 1 aliphatic rings. The fourth-order valence-electron chi connectivity index (χ4n) is 3.10. The number of benzene rings is 1. The van der Waals surface area contributed by atoms with E-state index in [0.29, 0.717) is 41.0 Å². The number of rotatable bonds is 6. The lowest BCUT2D eigenvalue weighted by Crippen LogP contribution is -2.31. The topological polar surface area (TPSA) is 122 Å². The van der Waals surface area contributed by atoms with Crippen LogP contribution in [-0.2, 0) is 21.3 Å². The molecular weight excluding hydrogens is 421 g/mol.